The molecule has 1 saturated heterocycles. The first-order valence-electron chi connectivity index (χ1n) is 4.87. The van der Waals surface area contributed by atoms with Crippen molar-refractivity contribution in [3.8, 4) is 0 Å². The molecule has 0 bridgehead atoms. The second kappa shape index (κ2) is 7.04. The molecule has 1 rings (SSSR count). The van der Waals surface area contributed by atoms with E-state index < -0.39 is 0 Å². The number of ether oxygens (including phenoxy) is 1. The number of nitrogens with one attached hydrogen (secondary N) is 1. The van der Waals surface area contributed by atoms with Crippen molar-refractivity contribution < 1.29 is 9.53 Å². The summed E-state index contributed by atoms with van der Waals surface area (Å²) in [6.07, 6.45) is 2.70. The Balaban J connectivity index is 0.00000169. The summed E-state index contributed by atoms with van der Waals surface area (Å²) in [5.74, 6) is -0.0574. The summed E-state index contributed by atoms with van der Waals surface area (Å²) in [6, 6.07) is -0.208. The number of nitrogens with two attached hydrogens (primary N) is 1. The number of hydrogen-bond acceptors (Lipinski definition) is 3. The Hall–Kier alpha value is -0.320. The SMILES string of the molecule is CCC(N)C(=O)NC1CCCOC1.Cl. The molecule has 0 aromatic carbocycles. The Kier molecular flexibility index (Phi) is 6.87. The van der Waals surface area contributed by atoms with Gasteiger partial charge in [-0.25, -0.2) is 0 Å². The van der Waals surface area contributed by atoms with Crippen LogP contribution in [0.4, 0.5) is 0 Å². The van der Waals surface area contributed by atoms with Crippen LogP contribution in [0.1, 0.15) is 26.2 Å². The summed E-state index contributed by atoms with van der Waals surface area (Å²) in [4.78, 5) is 11.4. The lowest BCUT2D eigenvalue weighted by atomic mass is 10.1. The van der Waals surface area contributed by atoms with Crippen molar-refractivity contribution in [1.29, 1.82) is 0 Å². The molecule has 1 aliphatic heterocycles. The lowest BCUT2D eigenvalue weighted by molar-refractivity contribution is -0.124. The number of amides is 1. The molecule has 1 fully saturated rings. The van der Waals surface area contributed by atoms with E-state index in [2.05, 4.69) is 5.32 Å². The molecule has 4 nitrogen and oxygen atoms in total. The third-order valence-electron chi connectivity index (χ3n) is 2.28. The second-order valence-electron chi connectivity index (χ2n) is 3.44. The van der Waals surface area contributed by atoms with E-state index in [1.54, 1.807) is 0 Å². The van der Waals surface area contributed by atoms with Crippen LogP contribution in [-0.2, 0) is 9.53 Å². The predicted molar refractivity (Wildman–Crippen MR) is 57.5 cm³/mol. The molecule has 84 valence electrons. The monoisotopic (exact) mass is 222 g/mol. The van der Waals surface area contributed by atoms with Gasteiger partial charge in [-0.05, 0) is 19.3 Å². The molecular formula is C9H19ClN2O2. The summed E-state index contributed by atoms with van der Waals surface area (Å²) in [6.45, 7) is 3.34. The maximum Gasteiger partial charge on any atom is 0.237 e. The van der Waals surface area contributed by atoms with E-state index in [0.717, 1.165) is 19.4 Å². The summed E-state index contributed by atoms with van der Waals surface area (Å²) < 4.78 is 5.24. The van der Waals surface area contributed by atoms with Crippen LogP contribution in [0.2, 0.25) is 0 Å². The van der Waals surface area contributed by atoms with Gasteiger partial charge in [0.2, 0.25) is 5.91 Å². The fourth-order valence-corrected chi connectivity index (χ4v) is 1.35. The van der Waals surface area contributed by atoms with Gasteiger partial charge < -0.3 is 15.8 Å². The average molecular weight is 223 g/mol. The first-order valence-corrected chi connectivity index (χ1v) is 4.87. The van der Waals surface area contributed by atoms with E-state index in [9.17, 15) is 4.79 Å². The Morgan fingerprint density at radius 1 is 1.71 bits per heavy atom. The highest BCUT2D eigenvalue weighted by Gasteiger charge is 2.18. The minimum Gasteiger partial charge on any atom is -0.379 e. The topological polar surface area (TPSA) is 64.4 Å². The van der Waals surface area contributed by atoms with Gasteiger partial charge in [0, 0.05) is 6.61 Å². The van der Waals surface area contributed by atoms with Crippen molar-refractivity contribution in [3.63, 3.8) is 0 Å². The molecular weight excluding hydrogens is 204 g/mol. The number of carbonyl (C=O) groups excluding carboxylic acids is 1. The minimum absolute atomic E-state index is 0. The van der Waals surface area contributed by atoms with Crippen LogP contribution in [0.25, 0.3) is 0 Å². The van der Waals surface area contributed by atoms with E-state index in [0.29, 0.717) is 13.0 Å². The van der Waals surface area contributed by atoms with Crippen molar-refractivity contribution >= 4 is 18.3 Å². The van der Waals surface area contributed by atoms with Crippen LogP contribution in [0.15, 0.2) is 0 Å². The van der Waals surface area contributed by atoms with Crippen LogP contribution in [0.5, 0.6) is 0 Å². The highest BCUT2D eigenvalue weighted by molar-refractivity contribution is 5.85. The normalized spacial score (nSPS) is 23.4. The van der Waals surface area contributed by atoms with E-state index in [4.69, 9.17) is 10.5 Å². The molecule has 1 heterocycles. The standard InChI is InChI=1S/C9H18N2O2.ClH/c1-2-8(10)9(12)11-7-4-3-5-13-6-7;/h7-8H,2-6,10H2,1H3,(H,11,12);1H. The summed E-state index contributed by atoms with van der Waals surface area (Å²) >= 11 is 0. The van der Waals surface area contributed by atoms with Gasteiger partial charge in [-0.15, -0.1) is 12.4 Å². The Bertz CT molecular complexity index is 172. The Morgan fingerprint density at radius 3 is 2.93 bits per heavy atom. The molecule has 2 unspecified atom stereocenters. The van der Waals surface area contributed by atoms with Crippen LogP contribution in [0, 0.1) is 0 Å². The predicted octanol–water partition coefficient (Wildman–Crippen LogP) is 0.441. The first kappa shape index (κ1) is 13.7. The molecule has 0 radical (unpaired) electrons. The van der Waals surface area contributed by atoms with E-state index in [1.165, 1.54) is 0 Å². The van der Waals surface area contributed by atoms with Crippen LogP contribution in [0.3, 0.4) is 0 Å². The number of hydrogen-bond donors (Lipinski definition) is 2. The zero-order valence-electron chi connectivity index (χ0n) is 8.49. The van der Waals surface area contributed by atoms with Gasteiger partial charge in [0.05, 0.1) is 18.7 Å². The fourth-order valence-electron chi connectivity index (χ4n) is 1.35. The van der Waals surface area contributed by atoms with Crippen LogP contribution < -0.4 is 11.1 Å². The molecule has 1 amide bonds. The van der Waals surface area contributed by atoms with Crippen LogP contribution >= 0.6 is 12.4 Å². The van der Waals surface area contributed by atoms with Crippen molar-refractivity contribution in [2.45, 2.75) is 38.3 Å². The average Bonchev–Trinajstić information content (AvgIpc) is 2.18. The fraction of sp³-hybridized carbons (Fsp3) is 0.889. The van der Waals surface area contributed by atoms with Gasteiger partial charge in [0.15, 0.2) is 0 Å². The molecule has 2 atom stereocenters. The smallest absolute Gasteiger partial charge is 0.237 e. The van der Waals surface area contributed by atoms with Gasteiger partial charge in [0.25, 0.3) is 0 Å². The summed E-state index contributed by atoms with van der Waals surface area (Å²) in [5.41, 5.74) is 5.58. The first-order chi connectivity index (χ1) is 6.24. The third-order valence-corrected chi connectivity index (χ3v) is 2.28. The molecule has 14 heavy (non-hydrogen) atoms. The van der Waals surface area contributed by atoms with E-state index in [-0.39, 0.29) is 30.4 Å². The lowest BCUT2D eigenvalue weighted by Gasteiger charge is -2.24. The van der Waals surface area contributed by atoms with Gasteiger partial charge in [-0.1, -0.05) is 6.92 Å². The van der Waals surface area contributed by atoms with Crippen molar-refractivity contribution in [2.75, 3.05) is 13.2 Å². The summed E-state index contributed by atoms with van der Waals surface area (Å²) in [5, 5.41) is 2.88. The molecule has 0 spiro atoms. The highest BCUT2D eigenvalue weighted by atomic mass is 35.5. The molecule has 0 aliphatic carbocycles. The minimum atomic E-state index is -0.373. The second-order valence-corrected chi connectivity index (χ2v) is 3.44. The largest absolute Gasteiger partial charge is 0.379 e. The molecule has 0 aromatic heterocycles. The van der Waals surface area contributed by atoms with Gasteiger partial charge in [-0.2, -0.15) is 0 Å². The van der Waals surface area contributed by atoms with Crippen molar-refractivity contribution in [2.24, 2.45) is 5.73 Å². The molecule has 0 aromatic rings. The van der Waals surface area contributed by atoms with E-state index in [1.807, 2.05) is 6.92 Å². The maximum absolute atomic E-state index is 11.4. The third kappa shape index (κ3) is 4.26. The molecule has 3 N–H and O–H groups in total. The number of halogens is 1. The maximum atomic E-state index is 11.4. The summed E-state index contributed by atoms with van der Waals surface area (Å²) in [7, 11) is 0. The molecule has 1 aliphatic rings. The molecule has 5 heteroatoms. The number of carbonyl (C=O) groups is 1. The Morgan fingerprint density at radius 2 is 2.43 bits per heavy atom. The lowest BCUT2D eigenvalue weighted by Crippen LogP contribution is -2.47. The zero-order chi connectivity index (χ0) is 9.68. The zero-order valence-corrected chi connectivity index (χ0v) is 9.31. The van der Waals surface area contributed by atoms with Gasteiger partial charge >= 0.3 is 0 Å². The quantitative estimate of drug-likeness (QED) is 0.729. The van der Waals surface area contributed by atoms with E-state index >= 15 is 0 Å². The van der Waals surface area contributed by atoms with Crippen molar-refractivity contribution in [3.05, 3.63) is 0 Å². The van der Waals surface area contributed by atoms with Crippen molar-refractivity contribution in [1.82, 2.24) is 5.32 Å². The highest BCUT2D eigenvalue weighted by Crippen LogP contribution is 2.05. The number of rotatable bonds is 3. The van der Waals surface area contributed by atoms with Gasteiger partial charge in [0.1, 0.15) is 0 Å². The Labute approximate surface area is 91.0 Å². The molecule has 0 saturated carbocycles. The van der Waals surface area contributed by atoms with Crippen LogP contribution in [-0.4, -0.2) is 31.2 Å². The van der Waals surface area contributed by atoms with Gasteiger partial charge in [-0.3, -0.25) is 4.79 Å².